The lowest BCUT2D eigenvalue weighted by Crippen LogP contribution is -2.19. The molecule has 0 atom stereocenters. The molecule has 0 saturated carbocycles. The van der Waals surface area contributed by atoms with Crippen LogP contribution < -0.4 is 10.2 Å². The van der Waals surface area contributed by atoms with Crippen molar-refractivity contribution in [2.45, 2.75) is 19.9 Å². The highest BCUT2D eigenvalue weighted by atomic mass is 19.1. The molecule has 1 aliphatic heterocycles. The van der Waals surface area contributed by atoms with E-state index in [1.807, 2.05) is 23.1 Å². The molecule has 148 valence electrons. The van der Waals surface area contributed by atoms with Gasteiger partial charge in [0.2, 0.25) is 5.95 Å². The van der Waals surface area contributed by atoms with Gasteiger partial charge in [0.1, 0.15) is 17.2 Å². The van der Waals surface area contributed by atoms with Crippen molar-refractivity contribution in [2.24, 2.45) is 0 Å². The van der Waals surface area contributed by atoms with Gasteiger partial charge in [-0.15, -0.1) is 0 Å². The van der Waals surface area contributed by atoms with Crippen molar-refractivity contribution in [1.29, 1.82) is 0 Å². The number of rotatable bonds is 6. The third kappa shape index (κ3) is 4.03. The van der Waals surface area contributed by atoms with Gasteiger partial charge in [0, 0.05) is 25.0 Å². The van der Waals surface area contributed by atoms with Crippen LogP contribution in [-0.2, 0) is 17.7 Å². The second-order valence-corrected chi connectivity index (χ2v) is 6.66. The first-order chi connectivity index (χ1) is 14.2. The molecule has 0 saturated heterocycles. The van der Waals surface area contributed by atoms with Crippen molar-refractivity contribution in [1.82, 2.24) is 9.97 Å². The van der Waals surface area contributed by atoms with Crippen LogP contribution in [0.5, 0.6) is 0 Å². The molecule has 2 aromatic carbocycles. The highest BCUT2D eigenvalue weighted by molar-refractivity contribution is 5.94. The minimum Gasteiger partial charge on any atom is -0.462 e. The fraction of sp³-hybridized carbons (Fsp3) is 0.227. The third-order valence-electron chi connectivity index (χ3n) is 4.77. The zero-order valence-electron chi connectivity index (χ0n) is 16.1. The molecule has 0 bridgehead atoms. The molecule has 0 unspecified atom stereocenters. The number of ether oxygens (including phenoxy) is 1. The monoisotopic (exact) mass is 392 g/mol. The van der Waals surface area contributed by atoms with Gasteiger partial charge in [0.05, 0.1) is 6.61 Å². The largest absolute Gasteiger partial charge is 0.462 e. The molecule has 0 radical (unpaired) electrons. The number of esters is 1. The lowest BCUT2D eigenvalue weighted by molar-refractivity contribution is 0.0526. The van der Waals surface area contributed by atoms with E-state index < -0.39 is 5.97 Å². The van der Waals surface area contributed by atoms with E-state index in [4.69, 9.17) is 4.74 Å². The summed E-state index contributed by atoms with van der Waals surface area (Å²) in [6.45, 7) is 3.17. The second-order valence-electron chi connectivity index (χ2n) is 6.66. The van der Waals surface area contributed by atoms with Crippen molar-refractivity contribution in [3.63, 3.8) is 0 Å². The quantitative estimate of drug-likeness (QED) is 0.637. The maximum atomic E-state index is 13.1. The Kier molecular flexibility index (Phi) is 5.37. The smallest absolute Gasteiger partial charge is 0.343 e. The Labute approximate surface area is 168 Å². The van der Waals surface area contributed by atoms with E-state index in [1.165, 1.54) is 23.9 Å². The van der Waals surface area contributed by atoms with Gasteiger partial charge in [0.25, 0.3) is 0 Å². The number of anilines is 3. The van der Waals surface area contributed by atoms with Crippen LogP contribution in [0.4, 0.5) is 21.8 Å². The van der Waals surface area contributed by atoms with Crippen LogP contribution in [0.2, 0.25) is 0 Å². The third-order valence-corrected chi connectivity index (χ3v) is 4.77. The predicted octanol–water partition coefficient (Wildman–Crippen LogP) is 4.10. The second kappa shape index (κ2) is 8.26. The minimum absolute atomic E-state index is 0.261. The fourth-order valence-electron chi connectivity index (χ4n) is 3.33. The van der Waals surface area contributed by atoms with E-state index in [0.717, 1.165) is 24.2 Å². The molecule has 0 amide bonds. The standard InChI is InChI=1S/C22H21FN4O2/c1-2-29-21(28)18-14-25-22(27-12-11-16-5-3-4-6-19(16)27)26-20(18)24-13-15-7-9-17(23)10-8-15/h3-10,14H,2,11-13H2,1H3,(H,24,25,26). The van der Waals surface area contributed by atoms with Crippen LogP contribution in [0.3, 0.4) is 0 Å². The molecule has 0 aliphatic carbocycles. The molecule has 4 rings (SSSR count). The van der Waals surface area contributed by atoms with Crippen molar-refractivity contribution in [3.8, 4) is 0 Å². The molecule has 3 aromatic rings. The maximum Gasteiger partial charge on any atom is 0.343 e. The number of nitrogens with one attached hydrogen (secondary N) is 1. The van der Waals surface area contributed by atoms with Gasteiger partial charge < -0.3 is 15.0 Å². The number of carbonyl (C=O) groups excluding carboxylic acids is 1. The molecule has 1 aromatic heterocycles. The van der Waals surface area contributed by atoms with E-state index in [2.05, 4.69) is 21.4 Å². The fourth-order valence-corrected chi connectivity index (χ4v) is 3.33. The normalized spacial score (nSPS) is 12.6. The molecule has 6 nitrogen and oxygen atoms in total. The lowest BCUT2D eigenvalue weighted by Gasteiger charge is -2.19. The number of benzene rings is 2. The number of halogens is 1. The number of fused-ring (bicyclic) bond motifs is 1. The Hall–Kier alpha value is -3.48. The Morgan fingerprint density at radius 3 is 2.79 bits per heavy atom. The number of carbonyl (C=O) groups is 1. The summed E-state index contributed by atoms with van der Waals surface area (Å²) in [5.74, 6) is 0.132. The number of para-hydroxylation sites is 1. The Bertz CT molecular complexity index is 1020. The molecule has 0 spiro atoms. The molecule has 7 heteroatoms. The summed E-state index contributed by atoms with van der Waals surface area (Å²) in [5, 5.41) is 3.18. The average molecular weight is 392 g/mol. The van der Waals surface area contributed by atoms with Crippen molar-refractivity contribution in [2.75, 3.05) is 23.4 Å². The van der Waals surface area contributed by atoms with E-state index >= 15 is 0 Å². The predicted molar refractivity (Wildman–Crippen MR) is 109 cm³/mol. The summed E-state index contributed by atoms with van der Waals surface area (Å²) in [6.07, 6.45) is 2.41. The number of nitrogens with zero attached hydrogens (tertiary/aromatic N) is 3. The summed E-state index contributed by atoms with van der Waals surface area (Å²) in [4.78, 5) is 23.4. The van der Waals surface area contributed by atoms with Gasteiger partial charge in [-0.2, -0.15) is 4.98 Å². The molecular formula is C22H21FN4O2. The van der Waals surface area contributed by atoms with E-state index in [9.17, 15) is 9.18 Å². The van der Waals surface area contributed by atoms with Gasteiger partial charge in [0.15, 0.2) is 0 Å². The Morgan fingerprint density at radius 1 is 1.21 bits per heavy atom. The SMILES string of the molecule is CCOC(=O)c1cnc(N2CCc3ccccc32)nc1NCc1ccc(F)cc1. The molecular weight excluding hydrogens is 371 g/mol. The van der Waals surface area contributed by atoms with Crippen LogP contribution in [-0.4, -0.2) is 29.1 Å². The highest BCUT2D eigenvalue weighted by Crippen LogP contribution is 2.33. The number of hydrogen-bond donors (Lipinski definition) is 1. The Morgan fingerprint density at radius 2 is 2.00 bits per heavy atom. The number of aromatic nitrogens is 2. The van der Waals surface area contributed by atoms with Gasteiger partial charge >= 0.3 is 5.97 Å². The first kappa shape index (κ1) is 18.9. The van der Waals surface area contributed by atoms with Crippen LogP contribution in [0, 0.1) is 5.82 Å². The van der Waals surface area contributed by atoms with Gasteiger partial charge in [-0.3, -0.25) is 0 Å². The summed E-state index contributed by atoms with van der Waals surface area (Å²) >= 11 is 0. The van der Waals surface area contributed by atoms with E-state index in [-0.39, 0.29) is 18.0 Å². The summed E-state index contributed by atoms with van der Waals surface area (Å²) in [7, 11) is 0. The van der Waals surface area contributed by atoms with Crippen molar-refractivity contribution >= 4 is 23.4 Å². The van der Waals surface area contributed by atoms with Gasteiger partial charge in [-0.1, -0.05) is 30.3 Å². The van der Waals surface area contributed by atoms with Crippen LogP contribution in [0.15, 0.2) is 54.7 Å². The minimum atomic E-state index is -0.484. The zero-order valence-corrected chi connectivity index (χ0v) is 16.1. The maximum absolute atomic E-state index is 13.1. The first-order valence-corrected chi connectivity index (χ1v) is 9.53. The summed E-state index contributed by atoms with van der Waals surface area (Å²) in [5.41, 5.74) is 3.45. The first-order valence-electron chi connectivity index (χ1n) is 9.53. The zero-order chi connectivity index (χ0) is 20.2. The average Bonchev–Trinajstić information content (AvgIpc) is 3.17. The van der Waals surface area contributed by atoms with Gasteiger partial charge in [-0.05, 0) is 42.7 Å². The number of hydrogen-bond acceptors (Lipinski definition) is 6. The molecule has 1 N–H and O–H groups in total. The lowest BCUT2D eigenvalue weighted by atomic mass is 10.2. The molecule has 1 aliphatic rings. The molecule has 0 fully saturated rings. The Balaban J connectivity index is 1.64. The van der Waals surface area contributed by atoms with Crippen molar-refractivity contribution < 1.29 is 13.9 Å². The highest BCUT2D eigenvalue weighted by Gasteiger charge is 2.24. The van der Waals surface area contributed by atoms with Crippen LogP contribution in [0.1, 0.15) is 28.4 Å². The van der Waals surface area contributed by atoms with Crippen LogP contribution >= 0.6 is 0 Å². The molecule has 2 heterocycles. The molecule has 29 heavy (non-hydrogen) atoms. The van der Waals surface area contributed by atoms with Crippen molar-refractivity contribution in [3.05, 3.63) is 77.2 Å². The van der Waals surface area contributed by atoms with Crippen LogP contribution in [0.25, 0.3) is 0 Å². The topological polar surface area (TPSA) is 67.3 Å². The summed E-state index contributed by atoms with van der Waals surface area (Å²) in [6, 6.07) is 14.3. The van der Waals surface area contributed by atoms with E-state index in [1.54, 1.807) is 19.1 Å². The van der Waals surface area contributed by atoms with Gasteiger partial charge in [-0.25, -0.2) is 14.2 Å². The summed E-state index contributed by atoms with van der Waals surface area (Å²) < 4.78 is 18.3. The van der Waals surface area contributed by atoms with E-state index in [0.29, 0.717) is 18.3 Å².